The molecule has 0 aromatic heterocycles. The Hall–Kier alpha value is -0.520. The van der Waals surface area contributed by atoms with Crippen LogP contribution in [-0.2, 0) is 9.47 Å². The third-order valence-electron chi connectivity index (χ3n) is 1.03. The number of rotatable bonds is 4. The van der Waals surface area contributed by atoms with Crippen molar-refractivity contribution < 1.29 is 9.47 Å². The van der Waals surface area contributed by atoms with Crippen molar-refractivity contribution in [3.63, 3.8) is 0 Å². The molecular weight excluding hydrogens is 140 g/mol. The molecule has 0 aromatic carbocycles. The first-order valence-corrected chi connectivity index (χ1v) is 4.06. The first-order chi connectivity index (χ1) is 5.35. The summed E-state index contributed by atoms with van der Waals surface area (Å²) < 4.78 is 10.4. The molecule has 0 rings (SSSR count). The van der Waals surface area contributed by atoms with E-state index in [1.165, 1.54) is 0 Å². The highest BCUT2D eigenvalue weighted by Gasteiger charge is 2.00. The van der Waals surface area contributed by atoms with Crippen LogP contribution in [0.15, 0.2) is 0 Å². The zero-order chi connectivity index (χ0) is 8.53. The van der Waals surface area contributed by atoms with Gasteiger partial charge in [-0.2, -0.15) is 0 Å². The molecule has 0 saturated carbocycles. The number of hydrogen-bond donors (Lipinski definition) is 0. The lowest BCUT2D eigenvalue weighted by Crippen LogP contribution is -2.14. The van der Waals surface area contributed by atoms with Gasteiger partial charge in [0, 0.05) is 19.6 Å². The second kappa shape index (κ2) is 7.59. The molecule has 0 unspecified atom stereocenters. The lowest BCUT2D eigenvalue weighted by Gasteiger charge is -2.09. The van der Waals surface area contributed by atoms with E-state index >= 15 is 0 Å². The Bertz CT molecular complexity index is 126. The summed E-state index contributed by atoms with van der Waals surface area (Å²) in [6.07, 6.45) is 0.515. The van der Waals surface area contributed by atoms with E-state index in [2.05, 4.69) is 11.8 Å². The Morgan fingerprint density at radius 2 is 1.64 bits per heavy atom. The minimum absolute atomic E-state index is 0.329. The number of ether oxygens (including phenoxy) is 2. The molecule has 0 aromatic rings. The van der Waals surface area contributed by atoms with Crippen LogP contribution in [0.2, 0.25) is 0 Å². The lowest BCUT2D eigenvalue weighted by molar-refractivity contribution is -0.0970. The summed E-state index contributed by atoms with van der Waals surface area (Å²) in [5.74, 6) is 5.79. The highest BCUT2D eigenvalue weighted by atomic mass is 16.7. The van der Waals surface area contributed by atoms with Gasteiger partial charge in [-0.15, -0.1) is 0 Å². The topological polar surface area (TPSA) is 18.5 Å². The molecule has 11 heavy (non-hydrogen) atoms. The summed E-state index contributed by atoms with van der Waals surface area (Å²) in [4.78, 5) is 0. The molecule has 0 atom stereocenters. The minimum atomic E-state index is -0.329. The summed E-state index contributed by atoms with van der Waals surface area (Å²) in [5, 5.41) is 0. The second-order valence-corrected chi connectivity index (χ2v) is 1.92. The largest absolute Gasteiger partial charge is 0.342 e. The molecule has 0 heterocycles. The predicted molar refractivity (Wildman–Crippen MR) is 45.1 cm³/mol. The van der Waals surface area contributed by atoms with Crippen LogP contribution >= 0.6 is 0 Å². The molecule has 64 valence electrons. The van der Waals surface area contributed by atoms with Crippen LogP contribution in [0.4, 0.5) is 0 Å². The SMILES string of the molecule is CCC#CC(OCC)OCC. The van der Waals surface area contributed by atoms with Gasteiger partial charge in [0.2, 0.25) is 6.29 Å². The van der Waals surface area contributed by atoms with E-state index < -0.39 is 0 Å². The van der Waals surface area contributed by atoms with Gasteiger partial charge in [0.15, 0.2) is 0 Å². The van der Waals surface area contributed by atoms with E-state index in [1.807, 2.05) is 20.8 Å². The van der Waals surface area contributed by atoms with Crippen LogP contribution in [0, 0.1) is 11.8 Å². The van der Waals surface area contributed by atoms with Crippen molar-refractivity contribution in [2.45, 2.75) is 33.5 Å². The van der Waals surface area contributed by atoms with Gasteiger partial charge in [0.1, 0.15) is 0 Å². The molecule has 0 fully saturated rings. The van der Waals surface area contributed by atoms with Gasteiger partial charge in [-0.1, -0.05) is 12.8 Å². The summed E-state index contributed by atoms with van der Waals surface area (Å²) in [7, 11) is 0. The van der Waals surface area contributed by atoms with E-state index in [1.54, 1.807) is 0 Å². The van der Waals surface area contributed by atoms with Crippen LogP contribution in [-0.4, -0.2) is 19.5 Å². The van der Waals surface area contributed by atoms with Crippen molar-refractivity contribution in [2.75, 3.05) is 13.2 Å². The van der Waals surface area contributed by atoms with Gasteiger partial charge in [-0.05, 0) is 19.8 Å². The molecule has 0 amide bonds. The summed E-state index contributed by atoms with van der Waals surface area (Å²) in [6.45, 7) is 7.15. The van der Waals surface area contributed by atoms with Crippen LogP contribution in [0.5, 0.6) is 0 Å². The minimum Gasteiger partial charge on any atom is -0.342 e. The maximum atomic E-state index is 5.19. The van der Waals surface area contributed by atoms with Crippen LogP contribution in [0.25, 0.3) is 0 Å². The van der Waals surface area contributed by atoms with Gasteiger partial charge in [-0.25, -0.2) is 0 Å². The fourth-order valence-electron chi connectivity index (χ4n) is 0.620. The molecule has 0 bridgehead atoms. The van der Waals surface area contributed by atoms with Crippen molar-refractivity contribution in [3.05, 3.63) is 0 Å². The third-order valence-corrected chi connectivity index (χ3v) is 1.03. The van der Waals surface area contributed by atoms with Crippen molar-refractivity contribution in [3.8, 4) is 11.8 Å². The van der Waals surface area contributed by atoms with E-state index in [0.717, 1.165) is 6.42 Å². The van der Waals surface area contributed by atoms with Gasteiger partial charge >= 0.3 is 0 Å². The molecule has 2 nitrogen and oxygen atoms in total. The molecule has 0 aliphatic carbocycles. The summed E-state index contributed by atoms with van der Waals surface area (Å²) in [6, 6.07) is 0. The Balaban J connectivity index is 3.68. The Labute approximate surface area is 68.9 Å². The van der Waals surface area contributed by atoms with Crippen LogP contribution < -0.4 is 0 Å². The maximum Gasteiger partial charge on any atom is 0.222 e. The molecule has 0 N–H and O–H groups in total. The first kappa shape index (κ1) is 10.5. The fraction of sp³-hybridized carbons (Fsp3) is 0.778. The van der Waals surface area contributed by atoms with E-state index in [4.69, 9.17) is 9.47 Å². The molecule has 0 saturated heterocycles. The molecule has 0 aliphatic heterocycles. The van der Waals surface area contributed by atoms with Crippen molar-refractivity contribution in [1.82, 2.24) is 0 Å². The summed E-state index contributed by atoms with van der Waals surface area (Å²) >= 11 is 0. The van der Waals surface area contributed by atoms with Crippen molar-refractivity contribution in [1.29, 1.82) is 0 Å². The highest BCUT2D eigenvalue weighted by Crippen LogP contribution is 1.92. The average molecular weight is 156 g/mol. The van der Waals surface area contributed by atoms with E-state index in [9.17, 15) is 0 Å². The standard InChI is InChI=1S/C9H16O2/c1-4-7-8-9(10-5-2)11-6-3/h9H,4-6H2,1-3H3. The zero-order valence-corrected chi connectivity index (χ0v) is 7.52. The smallest absolute Gasteiger partial charge is 0.222 e. The fourth-order valence-corrected chi connectivity index (χ4v) is 0.620. The Kier molecular flexibility index (Phi) is 7.23. The van der Waals surface area contributed by atoms with Gasteiger partial charge < -0.3 is 9.47 Å². The van der Waals surface area contributed by atoms with E-state index in [-0.39, 0.29) is 6.29 Å². The molecular formula is C9H16O2. The average Bonchev–Trinajstić information content (AvgIpc) is 2.01. The second-order valence-electron chi connectivity index (χ2n) is 1.92. The highest BCUT2D eigenvalue weighted by molar-refractivity contribution is 5.01. The van der Waals surface area contributed by atoms with Crippen LogP contribution in [0.1, 0.15) is 27.2 Å². The van der Waals surface area contributed by atoms with Gasteiger partial charge in [-0.3, -0.25) is 0 Å². The maximum absolute atomic E-state index is 5.19. The van der Waals surface area contributed by atoms with Gasteiger partial charge in [0.05, 0.1) is 0 Å². The van der Waals surface area contributed by atoms with Crippen molar-refractivity contribution >= 4 is 0 Å². The quantitative estimate of drug-likeness (QED) is 0.456. The number of hydrogen-bond acceptors (Lipinski definition) is 2. The molecule has 0 radical (unpaired) electrons. The van der Waals surface area contributed by atoms with Crippen molar-refractivity contribution in [2.24, 2.45) is 0 Å². The normalized spacial score (nSPS) is 9.45. The summed E-state index contributed by atoms with van der Waals surface area (Å²) in [5.41, 5.74) is 0. The lowest BCUT2D eigenvalue weighted by atomic mass is 10.4. The third kappa shape index (κ3) is 5.90. The van der Waals surface area contributed by atoms with Crippen LogP contribution in [0.3, 0.4) is 0 Å². The first-order valence-electron chi connectivity index (χ1n) is 4.06. The van der Waals surface area contributed by atoms with Gasteiger partial charge in [0.25, 0.3) is 0 Å². The molecule has 0 aliphatic rings. The predicted octanol–water partition coefficient (Wildman–Crippen LogP) is 1.80. The van der Waals surface area contributed by atoms with E-state index in [0.29, 0.717) is 13.2 Å². The Morgan fingerprint density at radius 3 is 2.00 bits per heavy atom. The Morgan fingerprint density at radius 1 is 1.09 bits per heavy atom. The monoisotopic (exact) mass is 156 g/mol. The zero-order valence-electron chi connectivity index (χ0n) is 7.52. The molecule has 0 spiro atoms. The molecule has 2 heteroatoms.